The Morgan fingerprint density at radius 1 is 1.08 bits per heavy atom. The summed E-state index contributed by atoms with van der Waals surface area (Å²) in [5.41, 5.74) is 0. The molecule has 1 heterocycles. The largest absolute Gasteiger partial charge is 0.370 e. The van der Waals surface area contributed by atoms with E-state index in [0.717, 1.165) is 13.2 Å². The minimum absolute atomic E-state index is 0.975. The molecule has 1 aliphatic rings. The fourth-order valence-corrected chi connectivity index (χ4v) is 1.71. The van der Waals surface area contributed by atoms with Crippen molar-refractivity contribution in [3.05, 3.63) is 0 Å². The molecule has 1 rings (SSSR count). The second-order valence-corrected chi connectivity index (χ2v) is 3.67. The number of hydrogen-bond acceptors (Lipinski definition) is 1. The number of hydrogen-bond donors (Lipinski definition) is 1. The molecule has 0 unspecified atom stereocenters. The summed E-state index contributed by atoms with van der Waals surface area (Å²) in [6, 6.07) is 0. The van der Waals surface area contributed by atoms with Crippen LogP contribution in [0, 0.1) is 0 Å². The van der Waals surface area contributed by atoms with E-state index in [9.17, 15) is 0 Å². The molecule has 2 heteroatoms. The van der Waals surface area contributed by atoms with Crippen molar-refractivity contribution in [3.63, 3.8) is 0 Å². The average molecular weight is 172 g/mol. The first-order chi connectivity index (χ1) is 5.93. The lowest BCUT2D eigenvalue weighted by atomic mass is 10.2. The molecule has 1 saturated heterocycles. The zero-order chi connectivity index (χ0) is 8.65. The molecule has 0 amide bonds. The van der Waals surface area contributed by atoms with Crippen molar-refractivity contribution in [1.29, 1.82) is 0 Å². The molecule has 0 aromatic heterocycles. The number of ether oxygens (including phenoxy) is 1. The summed E-state index contributed by atoms with van der Waals surface area (Å²) in [7, 11) is 0. The predicted molar refractivity (Wildman–Crippen MR) is 50.5 cm³/mol. The third-order valence-electron chi connectivity index (χ3n) is 2.58. The van der Waals surface area contributed by atoms with Gasteiger partial charge in [0, 0.05) is 0 Å². The number of rotatable bonds is 5. The minimum atomic E-state index is 0.975. The van der Waals surface area contributed by atoms with Gasteiger partial charge in [0.15, 0.2) is 0 Å². The molecule has 0 aromatic carbocycles. The molecule has 1 fully saturated rings. The lowest BCUT2D eigenvalue weighted by Crippen LogP contribution is -3.14. The van der Waals surface area contributed by atoms with Gasteiger partial charge in [-0.15, -0.1) is 0 Å². The molecule has 1 N–H and O–H groups in total. The Kier molecular flexibility index (Phi) is 5.37. The highest BCUT2D eigenvalue weighted by Gasteiger charge is 2.12. The first-order valence-corrected chi connectivity index (χ1v) is 5.35. The zero-order valence-corrected chi connectivity index (χ0v) is 8.27. The summed E-state index contributed by atoms with van der Waals surface area (Å²) in [4.78, 5) is 1.75. The maximum Gasteiger partial charge on any atom is 0.101 e. The van der Waals surface area contributed by atoms with E-state index in [0.29, 0.717) is 0 Å². The Morgan fingerprint density at radius 3 is 2.50 bits per heavy atom. The van der Waals surface area contributed by atoms with E-state index < -0.39 is 0 Å². The van der Waals surface area contributed by atoms with Gasteiger partial charge in [0.05, 0.1) is 19.8 Å². The third kappa shape index (κ3) is 4.07. The second-order valence-electron chi connectivity index (χ2n) is 3.67. The maximum atomic E-state index is 5.31. The first-order valence-electron chi connectivity index (χ1n) is 5.35. The highest BCUT2D eigenvalue weighted by atomic mass is 16.5. The summed E-state index contributed by atoms with van der Waals surface area (Å²) in [5.74, 6) is 0. The van der Waals surface area contributed by atoms with Gasteiger partial charge in [-0.25, -0.2) is 0 Å². The van der Waals surface area contributed by atoms with Gasteiger partial charge >= 0.3 is 0 Å². The number of morpholine rings is 1. The van der Waals surface area contributed by atoms with Crippen LogP contribution in [0.1, 0.15) is 32.6 Å². The SMILES string of the molecule is CCCCCC[NH+]1CCOCC1. The van der Waals surface area contributed by atoms with Crippen LogP contribution < -0.4 is 4.90 Å². The van der Waals surface area contributed by atoms with E-state index in [4.69, 9.17) is 4.74 Å². The van der Waals surface area contributed by atoms with Gasteiger partial charge in [0.2, 0.25) is 0 Å². The quantitative estimate of drug-likeness (QED) is 0.596. The van der Waals surface area contributed by atoms with Gasteiger partial charge in [-0.3, -0.25) is 0 Å². The molecular formula is C10H22NO+. The predicted octanol–water partition coefficient (Wildman–Crippen LogP) is 0.482. The normalized spacial score (nSPS) is 19.8. The summed E-state index contributed by atoms with van der Waals surface area (Å²) in [5, 5.41) is 0. The topological polar surface area (TPSA) is 13.7 Å². The fraction of sp³-hybridized carbons (Fsp3) is 1.00. The van der Waals surface area contributed by atoms with Crippen LogP contribution in [0.25, 0.3) is 0 Å². The van der Waals surface area contributed by atoms with Gasteiger partial charge in [-0.1, -0.05) is 19.8 Å². The standard InChI is InChI=1S/C10H21NO/c1-2-3-4-5-6-11-7-9-12-10-8-11/h2-10H2,1H3/p+1. The number of nitrogens with one attached hydrogen (secondary N) is 1. The molecule has 0 aromatic rings. The van der Waals surface area contributed by atoms with Crippen LogP contribution in [0.5, 0.6) is 0 Å². The van der Waals surface area contributed by atoms with Crippen molar-refractivity contribution in [3.8, 4) is 0 Å². The van der Waals surface area contributed by atoms with E-state index in [-0.39, 0.29) is 0 Å². The number of unbranched alkanes of at least 4 members (excludes halogenated alkanes) is 3. The van der Waals surface area contributed by atoms with Crippen LogP contribution in [0.3, 0.4) is 0 Å². The summed E-state index contributed by atoms with van der Waals surface area (Å²) in [6.07, 6.45) is 5.58. The zero-order valence-electron chi connectivity index (χ0n) is 8.27. The van der Waals surface area contributed by atoms with E-state index in [1.807, 2.05) is 0 Å². The van der Waals surface area contributed by atoms with Gasteiger partial charge in [-0.2, -0.15) is 0 Å². The molecule has 72 valence electrons. The van der Waals surface area contributed by atoms with Gasteiger partial charge < -0.3 is 9.64 Å². The van der Waals surface area contributed by atoms with Crippen molar-refractivity contribution >= 4 is 0 Å². The molecule has 1 aliphatic heterocycles. The van der Waals surface area contributed by atoms with Crippen LogP contribution in [0.2, 0.25) is 0 Å². The van der Waals surface area contributed by atoms with Gasteiger partial charge in [0.25, 0.3) is 0 Å². The first kappa shape index (κ1) is 10.0. The van der Waals surface area contributed by atoms with Crippen LogP contribution in [0.15, 0.2) is 0 Å². The summed E-state index contributed by atoms with van der Waals surface area (Å²) >= 11 is 0. The van der Waals surface area contributed by atoms with Crippen molar-refractivity contribution in [2.75, 3.05) is 32.8 Å². The van der Waals surface area contributed by atoms with Crippen molar-refractivity contribution in [2.45, 2.75) is 32.6 Å². The van der Waals surface area contributed by atoms with Crippen LogP contribution in [-0.2, 0) is 4.74 Å². The molecule has 12 heavy (non-hydrogen) atoms. The smallest absolute Gasteiger partial charge is 0.101 e. The van der Waals surface area contributed by atoms with E-state index >= 15 is 0 Å². The van der Waals surface area contributed by atoms with E-state index in [2.05, 4.69) is 6.92 Å². The molecule has 0 aliphatic carbocycles. The van der Waals surface area contributed by atoms with Crippen molar-refractivity contribution in [2.24, 2.45) is 0 Å². The Morgan fingerprint density at radius 2 is 1.83 bits per heavy atom. The summed E-state index contributed by atoms with van der Waals surface area (Å²) in [6.45, 7) is 8.04. The Bertz CT molecular complexity index is 100. The lowest BCUT2D eigenvalue weighted by Gasteiger charge is -2.23. The molecular weight excluding hydrogens is 150 g/mol. The third-order valence-corrected chi connectivity index (χ3v) is 2.58. The molecule has 0 atom stereocenters. The Labute approximate surface area is 75.9 Å². The second kappa shape index (κ2) is 6.44. The maximum absolute atomic E-state index is 5.31. The molecule has 0 saturated carbocycles. The molecule has 2 nitrogen and oxygen atoms in total. The molecule has 0 radical (unpaired) electrons. The average Bonchev–Trinajstić information content (AvgIpc) is 2.14. The molecule has 0 spiro atoms. The van der Waals surface area contributed by atoms with Crippen molar-refractivity contribution in [1.82, 2.24) is 0 Å². The monoisotopic (exact) mass is 172 g/mol. The van der Waals surface area contributed by atoms with E-state index in [1.165, 1.54) is 45.3 Å². The lowest BCUT2D eigenvalue weighted by molar-refractivity contribution is -0.908. The molecule has 0 bridgehead atoms. The van der Waals surface area contributed by atoms with Crippen LogP contribution in [-0.4, -0.2) is 32.8 Å². The Balaban J connectivity index is 1.91. The minimum Gasteiger partial charge on any atom is -0.370 e. The van der Waals surface area contributed by atoms with Crippen molar-refractivity contribution < 1.29 is 9.64 Å². The van der Waals surface area contributed by atoms with Gasteiger partial charge in [0.1, 0.15) is 13.1 Å². The van der Waals surface area contributed by atoms with E-state index in [1.54, 1.807) is 4.90 Å². The van der Waals surface area contributed by atoms with Gasteiger partial charge in [-0.05, 0) is 12.8 Å². The highest BCUT2D eigenvalue weighted by molar-refractivity contribution is 4.42. The fourth-order valence-electron chi connectivity index (χ4n) is 1.71. The highest BCUT2D eigenvalue weighted by Crippen LogP contribution is 1.96. The number of quaternary nitrogens is 1. The van der Waals surface area contributed by atoms with Crippen LogP contribution >= 0.6 is 0 Å². The van der Waals surface area contributed by atoms with Crippen LogP contribution in [0.4, 0.5) is 0 Å². The Hall–Kier alpha value is -0.0800. The summed E-state index contributed by atoms with van der Waals surface area (Å²) < 4.78 is 5.31.